The van der Waals surface area contributed by atoms with Gasteiger partial charge in [0.1, 0.15) is 5.75 Å². The molecule has 3 amide bonds. The van der Waals surface area contributed by atoms with Crippen LogP contribution in [0.15, 0.2) is 12.3 Å². The van der Waals surface area contributed by atoms with Crippen LogP contribution in [0.5, 0.6) is 5.75 Å². The van der Waals surface area contributed by atoms with Crippen molar-refractivity contribution in [3.8, 4) is 5.75 Å². The summed E-state index contributed by atoms with van der Waals surface area (Å²) in [7, 11) is 1.54. The summed E-state index contributed by atoms with van der Waals surface area (Å²) in [5.74, 6) is 0.363. The number of likely N-dealkylation sites (tertiary alicyclic amines) is 1. The lowest BCUT2D eigenvalue weighted by Crippen LogP contribution is -2.50. The number of carbonyl (C=O) groups excluding carboxylic acids is 2. The highest BCUT2D eigenvalue weighted by Crippen LogP contribution is 2.23. The summed E-state index contributed by atoms with van der Waals surface area (Å²) in [5, 5.41) is 2.82. The number of urea groups is 1. The molecule has 2 fully saturated rings. The van der Waals surface area contributed by atoms with Crippen LogP contribution < -0.4 is 10.1 Å². The largest absolute Gasteiger partial charge is 0.494 e. The first kappa shape index (κ1) is 15.6. The number of piperidine rings is 1. The van der Waals surface area contributed by atoms with Crippen LogP contribution in [-0.4, -0.2) is 66.1 Å². The number of nitrogens with zero attached hydrogens (tertiary/aromatic N) is 3. The normalized spacial score (nSPS) is 21.3. The van der Waals surface area contributed by atoms with Crippen LogP contribution in [0, 0.1) is 6.92 Å². The van der Waals surface area contributed by atoms with Gasteiger partial charge in [0.15, 0.2) is 5.69 Å². The van der Waals surface area contributed by atoms with Gasteiger partial charge >= 0.3 is 6.03 Å². The van der Waals surface area contributed by atoms with Crippen molar-refractivity contribution >= 4 is 11.9 Å². The smallest absolute Gasteiger partial charge is 0.317 e. The first-order valence-electron chi connectivity index (χ1n) is 7.94. The maximum atomic E-state index is 12.8. The molecule has 1 aromatic rings. The van der Waals surface area contributed by atoms with Crippen LogP contribution in [0.25, 0.3) is 0 Å². The molecule has 1 aromatic heterocycles. The molecule has 7 heteroatoms. The highest BCUT2D eigenvalue weighted by Gasteiger charge is 2.34. The Labute approximate surface area is 135 Å². The summed E-state index contributed by atoms with van der Waals surface area (Å²) >= 11 is 0. The van der Waals surface area contributed by atoms with Crippen molar-refractivity contribution in [2.75, 3.05) is 33.3 Å². The molecule has 0 bridgehead atoms. The van der Waals surface area contributed by atoms with E-state index in [9.17, 15) is 9.59 Å². The van der Waals surface area contributed by atoms with Gasteiger partial charge < -0.3 is 19.9 Å². The molecular formula is C16H22N4O3. The van der Waals surface area contributed by atoms with Gasteiger partial charge in [0.25, 0.3) is 5.91 Å². The van der Waals surface area contributed by atoms with E-state index in [-0.39, 0.29) is 18.0 Å². The van der Waals surface area contributed by atoms with E-state index in [4.69, 9.17) is 4.74 Å². The minimum absolute atomic E-state index is 0.0321. The number of hydrogen-bond acceptors (Lipinski definition) is 4. The number of rotatable bonds is 3. The number of ether oxygens (including phenoxy) is 1. The van der Waals surface area contributed by atoms with Crippen molar-refractivity contribution in [3.05, 3.63) is 23.5 Å². The van der Waals surface area contributed by atoms with Gasteiger partial charge in [-0.25, -0.2) is 9.78 Å². The SMILES string of the molecule is COc1cc(C)cnc1C(=O)N1CCCC(N2CCNC2=O)C1. The van der Waals surface area contributed by atoms with E-state index in [1.807, 2.05) is 17.9 Å². The number of carbonyl (C=O) groups is 2. The molecule has 0 aromatic carbocycles. The maximum Gasteiger partial charge on any atom is 0.317 e. The second kappa shape index (κ2) is 6.44. The molecule has 7 nitrogen and oxygen atoms in total. The Morgan fingerprint density at radius 3 is 2.96 bits per heavy atom. The third-order valence-electron chi connectivity index (χ3n) is 4.43. The van der Waals surface area contributed by atoms with E-state index in [2.05, 4.69) is 10.3 Å². The van der Waals surface area contributed by atoms with Gasteiger partial charge in [-0.1, -0.05) is 0 Å². The van der Waals surface area contributed by atoms with Crippen molar-refractivity contribution < 1.29 is 14.3 Å². The fraction of sp³-hybridized carbons (Fsp3) is 0.562. The van der Waals surface area contributed by atoms with Gasteiger partial charge in [-0.3, -0.25) is 4.79 Å². The third kappa shape index (κ3) is 3.09. The molecule has 1 unspecified atom stereocenters. The van der Waals surface area contributed by atoms with E-state index in [1.165, 1.54) is 0 Å². The van der Waals surface area contributed by atoms with Gasteiger partial charge in [-0.2, -0.15) is 0 Å². The second-order valence-corrected chi connectivity index (χ2v) is 6.04. The van der Waals surface area contributed by atoms with E-state index in [0.29, 0.717) is 37.6 Å². The van der Waals surface area contributed by atoms with E-state index in [1.54, 1.807) is 18.2 Å². The molecule has 1 atom stereocenters. The molecule has 0 saturated carbocycles. The number of aromatic nitrogens is 1. The molecule has 23 heavy (non-hydrogen) atoms. The van der Waals surface area contributed by atoms with E-state index >= 15 is 0 Å². The minimum Gasteiger partial charge on any atom is -0.494 e. The summed E-state index contributed by atoms with van der Waals surface area (Å²) in [6.07, 6.45) is 3.48. The lowest BCUT2D eigenvalue weighted by atomic mass is 10.0. The van der Waals surface area contributed by atoms with Gasteiger partial charge in [0.05, 0.1) is 13.2 Å². The Morgan fingerprint density at radius 1 is 1.43 bits per heavy atom. The number of nitrogens with one attached hydrogen (secondary N) is 1. The summed E-state index contributed by atoms with van der Waals surface area (Å²) < 4.78 is 5.30. The average molecular weight is 318 g/mol. The third-order valence-corrected chi connectivity index (χ3v) is 4.43. The summed E-state index contributed by atoms with van der Waals surface area (Å²) in [4.78, 5) is 32.5. The lowest BCUT2D eigenvalue weighted by molar-refractivity contribution is 0.0625. The van der Waals surface area contributed by atoms with Crippen LogP contribution in [0.3, 0.4) is 0 Å². The first-order valence-corrected chi connectivity index (χ1v) is 7.94. The van der Waals surface area contributed by atoms with E-state index in [0.717, 1.165) is 18.4 Å². The van der Waals surface area contributed by atoms with Crippen LogP contribution >= 0.6 is 0 Å². The molecule has 124 valence electrons. The molecule has 2 aliphatic heterocycles. The summed E-state index contributed by atoms with van der Waals surface area (Å²) in [5.41, 5.74) is 1.29. The predicted octanol–water partition coefficient (Wildman–Crippen LogP) is 1.03. The Morgan fingerprint density at radius 2 is 2.26 bits per heavy atom. The molecule has 3 rings (SSSR count). The number of methoxy groups -OCH3 is 1. The van der Waals surface area contributed by atoms with Crippen LogP contribution in [0.1, 0.15) is 28.9 Å². The molecule has 0 spiro atoms. The molecule has 3 heterocycles. The first-order chi connectivity index (χ1) is 11.1. The van der Waals surface area contributed by atoms with Crippen molar-refractivity contribution in [1.29, 1.82) is 0 Å². The number of amides is 3. The minimum atomic E-state index is -0.133. The average Bonchev–Trinajstić information content (AvgIpc) is 3.00. The highest BCUT2D eigenvalue weighted by molar-refractivity contribution is 5.95. The Hall–Kier alpha value is -2.31. The topological polar surface area (TPSA) is 74.8 Å². The zero-order valence-electron chi connectivity index (χ0n) is 13.5. The number of aryl methyl sites for hydroxylation is 1. The molecular weight excluding hydrogens is 296 g/mol. The summed E-state index contributed by atoms with van der Waals surface area (Å²) in [6.45, 7) is 4.52. The number of hydrogen-bond donors (Lipinski definition) is 1. The maximum absolute atomic E-state index is 12.8. The van der Waals surface area contributed by atoms with Crippen molar-refractivity contribution in [2.24, 2.45) is 0 Å². The van der Waals surface area contributed by atoms with Crippen molar-refractivity contribution in [2.45, 2.75) is 25.8 Å². The van der Waals surface area contributed by atoms with Gasteiger partial charge in [-0.15, -0.1) is 0 Å². The highest BCUT2D eigenvalue weighted by atomic mass is 16.5. The van der Waals surface area contributed by atoms with Crippen molar-refractivity contribution in [1.82, 2.24) is 20.1 Å². The lowest BCUT2D eigenvalue weighted by Gasteiger charge is -2.37. The standard InChI is InChI=1S/C16H22N4O3/c1-11-8-13(23-2)14(18-9-11)15(21)19-6-3-4-12(10-19)20-7-5-17-16(20)22/h8-9,12H,3-7,10H2,1-2H3,(H,17,22). The van der Waals surface area contributed by atoms with Gasteiger partial charge in [-0.05, 0) is 31.4 Å². The zero-order chi connectivity index (χ0) is 16.4. The Balaban J connectivity index is 1.76. The molecule has 0 radical (unpaired) electrons. The zero-order valence-corrected chi connectivity index (χ0v) is 13.5. The number of pyridine rings is 1. The van der Waals surface area contributed by atoms with Gasteiger partial charge in [0, 0.05) is 32.4 Å². The predicted molar refractivity (Wildman–Crippen MR) is 84.6 cm³/mol. The fourth-order valence-electron chi connectivity index (χ4n) is 3.24. The second-order valence-electron chi connectivity index (χ2n) is 6.04. The Kier molecular flexibility index (Phi) is 4.36. The quantitative estimate of drug-likeness (QED) is 0.903. The molecule has 0 aliphatic carbocycles. The van der Waals surface area contributed by atoms with Crippen molar-refractivity contribution in [3.63, 3.8) is 0 Å². The fourth-order valence-corrected chi connectivity index (χ4v) is 3.24. The van der Waals surface area contributed by atoms with Crippen LogP contribution in [0.4, 0.5) is 4.79 Å². The summed E-state index contributed by atoms with van der Waals surface area (Å²) in [6, 6.07) is 1.86. The molecule has 2 aliphatic rings. The molecule has 1 N–H and O–H groups in total. The van der Waals surface area contributed by atoms with Crippen LogP contribution in [-0.2, 0) is 0 Å². The van der Waals surface area contributed by atoms with Crippen LogP contribution in [0.2, 0.25) is 0 Å². The molecule has 2 saturated heterocycles. The monoisotopic (exact) mass is 318 g/mol. The Bertz CT molecular complexity index is 619. The van der Waals surface area contributed by atoms with E-state index < -0.39 is 0 Å². The van der Waals surface area contributed by atoms with Gasteiger partial charge in [0.2, 0.25) is 0 Å².